The summed E-state index contributed by atoms with van der Waals surface area (Å²) in [4.78, 5) is 24.3. The molecule has 2 unspecified atom stereocenters. The van der Waals surface area contributed by atoms with E-state index in [1.807, 2.05) is 25.1 Å². The number of benzene rings is 1. The van der Waals surface area contributed by atoms with Crippen molar-refractivity contribution < 1.29 is 14.0 Å². The highest BCUT2D eigenvalue weighted by molar-refractivity contribution is 9.10. The van der Waals surface area contributed by atoms with Crippen molar-refractivity contribution in [1.82, 2.24) is 5.32 Å². The summed E-state index contributed by atoms with van der Waals surface area (Å²) in [7, 11) is 0. The van der Waals surface area contributed by atoms with Crippen LogP contribution in [0.4, 0.5) is 5.69 Å². The van der Waals surface area contributed by atoms with Crippen LogP contribution in [0.25, 0.3) is 0 Å². The molecule has 2 aromatic rings. The Balaban J connectivity index is 1.51. The molecule has 1 saturated carbocycles. The van der Waals surface area contributed by atoms with Crippen molar-refractivity contribution >= 4 is 33.4 Å². The van der Waals surface area contributed by atoms with Gasteiger partial charge in [0.05, 0.1) is 24.6 Å². The van der Waals surface area contributed by atoms with Crippen LogP contribution in [0.1, 0.15) is 17.7 Å². The molecule has 5 nitrogen and oxygen atoms in total. The number of halogens is 1. The Morgan fingerprint density at radius 3 is 2.74 bits per heavy atom. The zero-order valence-corrected chi connectivity index (χ0v) is 14.2. The van der Waals surface area contributed by atoms with Gasteiger partial charge in [-0.15, -0.1) is 0 Å². The zero-order chi connectivity index (χ0) is 16.4. The standard InChI is InChI=1S/C17H17BrN2O3/c1-10-7-11(18)4-5-15(10)20-17(22)14-8-13(14)16(21)19-9-12-3-2-6-23-12/h2-7,13-14H,8-9H2,1H3,(H,19,21)(H,20,22). The maximum Gasteiger partial charge on any atom is 0.228 e. The third kappa shape index (κ3) is 3.82. The first-order valence-electron chi connectivity index (χ1n) is 7.41. The van der Waals surface area contributed by atoms with Gasteiger partial charge in [-0.05, 0) is 49.2 Å². The summed E-state index contributed by atoms with van der Waals surface area (Å²) in [5.41, 5.74) is 1.76. The number of hydrogen-bond donors (Lipinski definition) is 2. The van der Waals surface area contributed by atoms with Crippen molar-refractivity contribution in [2.75, 3.05) is 5.32 Å². The van der Waals surface area contributed by atoms with Crippen LogP contribution >= 0.6 is 15.9 Å². The molecule has 0 bridgehead atoms. The lowest BCUT2D eigenvalue weighted by molar-refractivity contribution is -0.125. The second kappa shape index (κ2) is 6.58. The zero-order valence-electron chi connectivity index (χ0n) is 12.6. The third-order valence-electron chi connectivity index (χ3n) is 3.93. The van der Waals surface area contributed by atoms with Crippen molar-refractivity contribution in [1.29, 1.82) is 0 Å². The highest BCUT2D eigenvalue weighted by Crippen LogP contribution is 2.39. The molecular formula is C17H17BrN2O3. The Bertz CT molecular complexity index is 727. The normalized spacial score (nSPS) is 19.2. The molecule has 1 aromatic carbocycles. The topological polar surface area (TPSA) is 71.3 Å². The van der Waals surface area contributed by atoms with Crippen molar-refractivity contribution in [2.24, 2.45) is 11.8 Å². The van der Waals surface area contributed by atoms with Crippen LogP contribution in [-0.4, -0.2) is 11.8 Å². The minimum Gasteiger partial charge on any atom is -0.467 e. The molecule has 1 aromatic heterocycles. The third-order valence-corrected chi connectivity index (χ3v) is 4.42. The molecule has 2 N–H and O–H groups in total. The number of amides is 2. The second-order valence-corrected chi connectivity index (χ2v) is 6.61. The lowest BCUT2D eigenvalue weighted by Crippen LogP contribution is -2.27. The summed E-state index contributed by atoms with van der Waals surface area (Å²) >= 11 is 3.39. The summed E-state index contributed by atoms with van der Waals surface area (Å²) in [6.07, 6.45) is 2.15. The SMILES string of the molecule is Cc1cc(Br)ccc1NC(=O)C1CC1C(=O)NCc1ccco1. The molecule has 2 amide bonds. The summed E-state index contributed by atoms with van der Waals surface area (Å²) in [5, 5.41) is 5.69. The molecule has 120 valence electrons. The van der Waals surface area contributed by atoms with Crippen LogP contribution in [-0.2, 0) is 16.1 Å². The Morgan fingerprint density at radius 1 is 1.26 bits per heavy atom. The molecular weight excluding hydrogens is 360 g/mol. The second-order valence-electron chi connectivity index (χ2n) is 5.69. The number of nitrogens with one attached hydrogen (secondary N) is 2. The fourth-order valence-corrected chi connectivity index (χ4v) is 2.96. The number of hydrogen-bond acceptors (Lipinski definition) is 3. The van der Waals surface area contributed by atoms with Gasteiger partial charge in [0.25, 0.3) is 0 Å². The molecule has 1 fully saturated rings. The highest BCUT2D eigenvalue weighted by Gasteiger charge is 2.48. The fourth-order valence-electron chi connectivity index (χ4n) is 2.49. The van der Waals surface area contributed by atoms with Crippen molar-refractivity contribution in [2.45, 2.75) is 19.9 Å². The van der Waals surface area contributed by atoms with Crippen molar-refractivity contribution in [3.8, 4) is 0 Å². The molecule has 6 heteroatoms. The largest absolute Gasteiger partial charge is 0.467 e. The van der Waals surface area contributed by atoms with E-state index in [1.54, 1.807) is 18.4 Å². The molecule has 2 atom stereocenters. The van der Waals surface area contributed by atoms with E-state index in [2.05, 4.69) is 26.6 Å². The maximum absolute atomic E-state index is 12.2. The molecule has 0 spiro atoms. The van der Waals surface area contributed by atoms with Gasteiger partial charge in [0.1, 0.15) is 5.76 Å². The van der Waals surface area contributed by atoms with Gasteiger partial charge in [-0.2, -0.15) is 0 Å². The Morgan fingerprint density at radius 2 is 2.04 bits per heavy atom. The van der Waals surface area contributed by atoms with Gasteiger partial charge in [-0.1, -0.05) is 15.9 Å². The number of carbonyl (C=O) groups is 2. The number of rotatable bonds is 5. The summed E-state index contributed by atoms with van der Waals surface area (Å²) in [5.74, 6) is -0.0106. The van der Waals surface area contributed by atoms with E-state index in [-0.39, 0.29) is 23.7 Å². The van der Waals surface area contributed by atoms with Crippen molar-refractivity contribution in [3.05, 3.63) is 52.4 Å². The molecule has 0 radical (unpaired) electrons. The molecule has 23 heavy (non-hydrogen) atoms. The van der Waals surface area contributed by atoms with E-state index in [1.165, 1.54) is 0 Å². The first-order valence-corrected chi connectivity index (χ1v) is 8.21. The average Bonchev–Trinajstić information content (AvgIpc) is 3.16. The predicted octanol–water partition coefficient (Wildman–Crippen LogP) is 3.24. The van der Waals surface area contributed by atoms with Crippen molar-refractivity contribution in [3.63, 3.8) is 0 Å². The lowest BCUT2D eigenvalue weighted by Gasteiger charge is -2.08. The molecule has 3 rings (SSSR count). The first-order chi connectivity index (χ1) is 11.0. The number of aryl methyl sites for hydroxylation is 1. The van der Waals surface area contributed by atoms with Crippen LogP contribution in [0.2, 0.25) is 0 Å². The minimum absolute atomic E-state index is 0.103. The van der Waals surface area contributed by atoms with Gasteiger partial charge in [0.15, 0.2) is 0 Å². The van der Waals surface area contributed by atoms with Gasteiger partial charge in [-0.25, -0.2) is 0 Å². The van der Waals surface area contributed by atoms with Gasteiger partial charge in [-0.3, -0.25) is 9.59 Å². The van der Waals surface area contributed by atoms with E-state index in [9.17, 15) is 9.59 Å². The van der Waals surface area contributed by atoms with Gasteiger partial charge >= 0.3 is 0 Å². The van der Waals surface area contributed by atoms with Gasteiger partial charge in [0.2, 0.25) is 11.8 Å². The predicted molar refractivity (Wildman–Crippen MR) is 89.7 cm³/mol. The van der Waals surface area contributed by atoms with E-state index >= 15 is 0 Å². The molecule has 0 saturated heterocycles. The van der Waals surface area contributed by atoms with Gasteiger partial charge < -0.3 is 15.1 Å². The Kier molecular flexibility index (Phi) is 4.52. The van der Waals surface area contributed by atoms with E-state index in [0.29, 0.717) is 18.7 Å². The van der Waals surface area contributed by atoms with E-state index < -0.39 is 0 Å². The first kappa shape index (κ1) is 15.8. The molecule has 0 aliphatic heterocycles. The summed E-state index contributed by atoms with van der Waals surface area (Å²) < 4.78 is 6.13. The Hall–Kier alpha value is -2.08. The summed E-state index contributed by atoms with van der Waals surface area (Å²) in [6.45, 7) is 2.28. The number of anilines is 1. The molecule has 1 heterocycles. The lowest BCUT2D eigenvalue weighted by atomic mass is 10.2. The van der Waals surface area contributed by atoms with Crippen LogP contribution < -0.4 is 10.6 Å². The van der Waals surface area contributed by atoms with Crippen LogP contribution in [0, 0.1) is 18.8 Å². The van der Waals surface area contributed by atoms with Crippen LogP contribution in [0.5, 0.6) is 0 Å². The van der Waals surface area contributed by atoms with Gasteiger partial charge in [0, 0.05) is 10.2 Å². The molecule has 1 aliphatic rings. The number of carbonyl (C=O) groups excluding carboxylic acids is 2. The van der Waals surface area contributed by atoms with E-state index in [4.69, 9.17) is 4.42 Å². The minimum atomic E-state index is -0.255. The smallest absolute Gasteiger partial charge is 0.228 e. The molecule has 1 aliphatic carbocycles. The maximum atomic E-state index is 12.2. The van der Waals surface area contributed by atoms with Crippen LogP contribution in [0.3, 0.4) is 0 Å². The summed E-state index contributed by atoms with van der Waals surface area (Å²) in [6, 6.07) is 9.24. The van der Waals surface area contributed by atoms with E-state index in [0.717, 1.165) is 15.7 Å². The van der Waals surface area contributed by atoms with Crippen LogP contribution in [0.15, 0.2) is 45.5 Å². The Labute approximate surface area is 142 Å². The fraction of sp³-hybridized carbons (Fsp3) is 0.294. The quantitative estimate of drug-likeness (QED) is 0.841. The average molecular weight is 377 g/mol. The highest BCUT2D eigenvalue weighted by atomic mass is 79.9. The monoisotopic (exact) mass is 376 g/mol. The number of furan rings is 1.